The summed E-state index contributed by atoms with van der Waals surface area (Å²) in [7, 11) is -3.35. The molecule has 0 fully saturated rings. The number of rotatable bonds is 7. The van der Waals surface area contributed by atoms with Crippen LogP contribution in [0, 0.1) is 6.92 Å². The Morgan fingerprint density at radius 2 is 1.82 bits per heavy atom. The molecule has 28 heavy (non-hydrogen) atoms. The van der Waals surface area contributed by atoms with Crippen molar-refractivity contribution in [2.45, 2.75) is 23.5 Å². The Hall–Kier alpha value is -2.62. The molecule has 1 aromatic heterocycles. The lowest BCUT2D eigenvalue weighted by atomic mass is 10.2. The van der Waals surface area contributed by atoms with E-state index in [1.807, 2.05) is 31.2 Å². The highest BCUT2D eigenvalue weighted by Crippen LogP contribution is 2.30. The molecular weight excluding hydrogens is 396 g/mol. The zero-order valence-corrected chi connectivity index (χ0v) is 17.0. The second-order valence-electron chi connectivity index (χ2n) is 6.17. The lowest BCUT2D eigenvalue weighted by molar-refractivity contribution is 0.282. The zero-order valence-electron chi connectivity index (χ0n) is 15.4. The molecule has 0 atom stereocenters. The number of aliphatic hydroxyl groups is 1. The van der Waals surface area contributed by atoms with Crippen LogP contribution in [0.25, 0.3) is 0 Å². The molecule has 0 saturated carbocycles. The molecule has 0 spiro atoms. The van der Waals surface area contributed by atoms with Gasteiger partial charge in [0.25, 0.3) is 0 Å². The summed E-state index contributed by atoms with van der Waals surface area (Å²) in [6.07, 6.45) is 2.84. The van der Waals surface area contributed by atoms with Crippen LogP contribution in [0.4, 0.5) is 17.3 Å². The monoisotopic (exact) mass is 416 g/mol. The third kappa shape index (κ3) is 5.69. The molecule has 3 N–H and O–H groups in total. The van der Waals surface area contributed by atoms with Gasteiger partial charge in [-0.15, -0.1) is 0 Å². The van der Waals surface area contributed by atoms with Crippen LogP contribution in [0.3, 0.4) is 0 Å². The van der Waals surface area contributed by atoms with E-state index >= 15 is 0 Å². The largest absolute Gasteiger partial charge is 0.392 e. The number of aryl methyl sites for hydroxylation is 1. The molecule has 3 aromatic rings. The Labute approximate surface area is 168 Å². The molecule has 0 aliphatic carbocycles. The molecule has 7 nitrogen and oxygen atoms in total. The van der Waals surface area contributed by atoms with Crippen LogP contribution in [0.1, 0.15) is 11.1 Å². The Morgan fingerprint density at radius 1 is 1.11 bits per heavy atom. The minimum absolute atomic E-state index is 0.0127. The van der Waals surface area contributed by atoms with Crippen molar-refractivity contribution >= 4 is 39.1 Å². The van der Waals surface area contributed by atoms with E-state index in [0.29, 0.717) is 17.3 Å². The Morgan fingerprint density at radius 3 is 2.50 bits per heavy atom. The first kappa shape index (κ1) is 20.1. The van der Waals surface area contributed by atoms with Gasteiger partial charge in [-0.1, -0.05) is 30.0 Å². The van der Waals surface area contributed by atoms with E-state index in [4.69, 9.17) is 5.11 Å². The zero-order chi connectivity index (χ0) is 20.1. The lowest BCUT2D eigenvalue weighted by Gasteiger charge is -2.10. The summed E-state index contributed by atoms with van der Waals surface area (Å²) in [6.45, 7) is 1.95. The summed E-state index contributed by atoms with van der Waals surface area (Å²) in [5.41, 5.74) is 2.92. The number of sulfonamides is 1. The normalized spacial score (nSPS) is 11.2. The number of hydrogen-bond donors (Lipinski definition) is 3. The molecule has 0 radical (unpaired) electrons. The average molecular weight is 417 g/mol. The number of anilines is 3. The van der Waals surface area contributed by atoms with Crippen molar-refractivity contribution in [3.05, 3.63) is 65.9 Å². The molecule has 0 aliphatic heterocycles. The Balaban J connectivity index is 1.78. The number of hydrogen-bond acceptors (Lipinski definition) is 7. The molecule has 0 unspecified atom stereocenters. The van der Waals surface area contributed by atoms with Gasteiger partial charge in [0.05, 0.1) is 18.6 Å². The van der Waals surface area contributed by atoms with Gasteiger partial charge in [0.2, 0.25) is 16.0 Å². The fraction of sp³-hybridized carbons (Fsp3) is 0.158. The Bertz CT molecular complexity index is 1070. The van der Waals surface area contributed by atoms with Crippen LogP contribution in [0.15, 0.2) is 64.6 Å². The van der Waals surface area contributed by atoms with Crippen molar-refractivity contribution in [2.24, 2.45) is 0 Å². The van der Waals surface area contributed by atoms with Gasteiger partial charge in [-0.25, -0.2) is 18.4 Å². The number of aliphatic hydroxyl groups excluding tert-OH is 1. The van der Waals surface area contributed by atoms with Gasteiger partial charge in [0, 0.05) is 22.3 Å². The van der Waals surface area contributed by atoms with Crippen molar-refractivity contribution < 1.29 is 13.5 Å². The van der Waals surface area contributed by atoms with E-state index in [1.54, 1.807) is 30.5 Å². The van der Waals surface area contributed by atoms with Crippen molar-refractivity contribution in [1.29, 1.82) is 0 Å². The minimum atomic E-state index is -3.35. The molecule has 3 rings (SSSR count). The highest BCUT2D eigenvalue weighted by atomic mass is 32.2. The maximum Gasteiger partial charge on any atom is 0.229 e. The van der Waals surface area contributed by atoms with E-state index in [9.17, 15) is 8.42 Å². The molecule has 0 amide bonds. The van der Waals surface area contributed by atoms with Gasteiger partial charge in [-0.2, -0.15) is 0 Å². The first-order chi connectivity index (χ1) is 13.3. The molecule has 146 valence electrons. The number of nitrogens with zero attached hydrogens (tertiary/aromatic N) is 2. The van der Waals surface area contributed by atoms with E-state index in [0.717, 1.165) is 27.3 Å². The smallest absolute Gasteiger partial charge is 0.229 e. The van der Waals surface area contributed by atoms with Crippen LogP contribution >= 0.6 is 11.8 Å². The van der Waals surface area contributed by atoms with Gasteiger partial charge in [0.15, 0.2) is 0 Å². The van der Waals surface area contributed by atoms with Gasteiger partial charge in [-0.05, 0) is 42.8 Å². The maximum absolute atomic E-state index is 11.4. The van der Waals surface area contributed by atoms with Gasteiger partial charge in [0.1, 0.15) is 5.03 Å². The molecule has 2 aromatic carbocycles. The first-order valence-corrected chi connectivity index (χ1v) is 11.1. The third-order valence-electron chi connectivity index (χ3n) is 3.67. The van der Waals surface area contributed by atoms with Gasteiger partial charge in [-0.3, -0.25) is 4.72 Å². The van der Waals surface area contributed by atoms with E-state index < -0.39 is 10.0 Å². The average Bonchev–Trinajstić information content (AvgIpc) is 2.64. The topological polar surface area (TPSA) is 104 Å². The van der Waals surface area contributed by atoms with Crippen molar-refractivity contribution in [3.8, 4) is 0 Å². The van der Waals surface area contributed by atoms with Crippen molar-refractivity contribution in [2.75, 3.05) is 16.3 Å². The molecule has 9 heteroatoms. The lowest BCUT2D eigenvalue weighted by Crippen LogP contribution is -2.09. The highest BCUT2D eigenvalue weighted by Gasteiger charge is 2.08. The molecule has 0 saturated heterocycles. The van der Waals surface area contributed by atoms with Gasteiger partial charge >= 0.3 is 0 Å². The van der Waals surface area contributed by atoms with Crippen LogP contribution in [-0.2, 0) is 16.6 Å². The summed E-state index contributed by atoms with van der Waals surface area (Å²) in [6, 6.07) is 14.5. The Kier molecular flexibility index (Phi) is 6.18. The summed E-state index contributed by atoms with van der Waals surface area (Å²) in [5.74, 6) is 0.414. The second-order valence-corrected chi connectivity index (χ2v) is 8.98. The predicted octanol–water partition coefficient (Wildman–Crippen LogP) is 3.54. The second kappa shape index (κ2) is 8.59. The van der Waals surface area contributed by atoms with Crippen molar-refractivity contribution in [1.82, 2.24) is 9.97 Å². The predicted molar refractivity (Wildman–Crippen MR) is 111 cm³/mol. The fourth-order valence-corrected chi connectivity index (χ4v) is 3.76. The van der Waals surface area contributed by atoms with E-state index in [-0.39, 0.29) is 6.61 Å². The third-order valence-corrected chi connectivity index (χ3v) is 5.39. The van der Waals surface area contributed by atoms with Gasteiger partial charge < -0.3 is 10.4 Å². The van der Waals surface area contributed by atoms with Crippen LogP contribution in [-0.4, -0.2) is 29.7 Å². The number of nitrogens with one attached hydrogen (secondary N) is 2. The molecular formula is C19H20N4O3S2. The van der Waals surface area contributed by atoms with Crippen LogP contribution in [0.5, 0.6) is 0 Å². The summed E-state index contributed by atoms with van der Waals surface area (Å²) in [5, 5.41) is 13.1. The standard InChI is InChI=1S/C19H20N4O3S2/c1-13-11-20-19(21-15-4-3-5-16(10-15)23-28(2,25)26)22-18(13)27-17-8-6-14(12-24)7-9-17/h3-11,23-24H,12H2,1-2H3,(H,20,21,22). The van der Waals surface area contributed by atoms with Crippen LogP contribution < -0.4 is 10.0 Å². The number of benzene rings is 2. The molecule has 0 bridgehead atoms. The molecule has 1 heterocycles. The molecule has 0 aliphatic rings. The van der Waals surface area contributed by atoms with E-state index in [1.165, 1.54) is 11.8 Å². The highest BCUT2D eigenvalue weighted by molar-refractivity contribution is 7.99. The van der Waals surface area contributed by atoms with Crippen LogP contribution in [0.2, 0.25) is 0 Å². The van der Waals surface area contributed by atoms with Crippen molar-refractivity contribution in [3.63, 3.8) is 0 Å². The fourth-order valence-electron chi connectivity index (χ4n) is 2.37. The first-order valence-electron chi connectivity index (χ1n) is 8.38. The number of aromatic nitrogens is 2. The summed E-state index contributed by atoms with van der Waals surface area (Å²) in [4.78, 5) is 9.87. The summed E-state index contributed by atoms with van der Waals surface area (Å²) >= 11 is 1.50. The SMILES string of the molecule is Cc1cnc(Nc2cccc(NS(C)(=O)=O)c2)nc1Sc1ccc(CO)cc1. The maximum atomic E-state index is 11.4. The van der Waals surface area contributed by atoms with E-state index in [2.05, 4.69) is 20.0 Å². The minimum Gasteiger partial charge on any atom is -0.392 e. The quantitative estimate of drug-likeness (QED) is 0.506. The summed E-state index contributed by atoms with van der Waals surface area (Å²) < 4.78 is 25.2.